The number of rotatable bonds is 4. The van der Waals surface area contributed by atoms with Crippen molar-refractivity contribution in [3.63, 3.8) is 0 Å². The van der Waals surface area contributed by atoms with Gasteiger partial charge in [0.05, 0.1) is 6.10 Å². The average Bonchev–Trinajstić information content (AvgIpc) is 2.40. The fraction of sp³-hybridized carbons (Fsp3) is 0.500. The van der Waals surface area contributed by atoms with Gasteiger partial charge in [-0.2, -0.15) is 0 Å². The molecule has 18 heavy (non-hydrogen) atoms. The molecule has 1 saturated heterocycles. The van der Waals surface area contributed by atoms with Crippen molar-refractivity contribution >= 4 is 5.97 Å². The summed E-state index contributed by atoms with van der Waals surface area (Å²) < 4.78 is 0. The Labute approximate surface area is 107 Å². The summed E-state index contributed by atoms with van der Waals surface area (Å²) >= 11 is 0. The number of carboxylic acid groups (broad SMARTS) is 1. The number of aliphatic hydroxyl groups is 1. The largest absolute Gasteiger partial charge is 0.480 e. The molecule has 4 heteroatoms. The quantitative estimate of drug-likeness (QED) is 0.759. The summed E-state index contributed by atoms with van der Waals surface area (Å²) in [6, 6.07) is 9.22. The van der Waals surface area contributed by atoms with Crippen molar-refractivity contribution in [1.29, 1.82) is 0 Å². The summed E-state index contributed by atoms with van der Waals surface area (Å²) in [5, 5.41) is 22.7. The molecule has 0 aromatic heterocycles. The van der Waals surface area contributed by atoms with Crippen LogP contribution < -0.4 is 5.32 Å². The van der Waals surface area contributed by atoms with Crippen LogP contribution in [0.2, 0.25) is 0 Å². The summed E-state index contributed by atoms with van der Waals surface area (Å²) in [5.41, 5.74) is -0.210. The van der Waals surface area contributed by atoms with Gasteiger partial charge in [-0.05, 0) is 31.4 Å². The summed E-state index contributed by atoms with van der Waals surface area (Å²) in [4.78, 5) is 11.5. The van der Waals surface area contributed by atoms with Crippen molar-refractivity contribution in [2.24, 2.45) is 0 Å². The second-order valence-electron chi connectivity index (χ2n) is 4.90. The van der Waals surface area contributed by atoms with Crippen LogP contribution in [0.15, 0.2) is 30.3 Å². The number of aliphatic carboxylic acids is 1. The lowest BCUT2D eigenvalue weighted by molar-refractivity contribution is -0.147. The third-order valence-electron chi connectivity index (χ3n) is 3.63. The molecule has 2 atom stereocenters. The Balaban J connectivity index is 2.12. The molecule has 3 N–H and O–H groups in total. The summed E-state index contributed by atoms with van der Waals surface area (Å²) in [5.74, 6) is -0.864. The predicted octanol–water partition coefficient (Wildman–Crippen LogP) is 1.71. The van der Waals surface area contributed by atoms with E-state index in [1.807, 2.05) is 30.3 Å². The van der Waals surface area contributed by atoms with Crippen LogP contribution in [0.4, 0.5) is 0 Å². The molecule has 0 spiro atoms. The molecule has 0 saturated carbocycles. The topological polar surface area (TPSA) is 69.6 Å². The number of carboxylic acids is 1. The van der Waals surface area contributed by atoms with E-state index >= 15 is 0 Å². The van der Waals surface area contributed by atoms with Gasteiger partial charge >= 0.3 is 5.97 Å². The lowest BCUT2D eigenvalue weighted by Gasteiger charge is -2.36. The molecule has 0 aliphatic carbocycles. The molecule has 1 aliphatic rings. The van der Waals surface area contributed by atoms with Crippen molar-refractivity contribution in [3.05, 3.63) is 35.9 Å². The fourth-order valence-electron chi connectivity index (χ4n) is 2.54. The highest BCUT2D eigenvalue weighted by Crippen LogP contribution is 2.30. The molecule has 1 fully saturated rings. The molecule has 4 nitrogen and oxygen atoms in total. The zero-order valence-corrected chi connectivity index (χ0v) is 10.3. The summed E-state index contributed by atoms with van der Waals surface area (Å²) in [6.07, 6.45) is 1.93. The Kier molecular flexibility index (Phi) is 3.99. The van der Waals surface area contributed by atoms with Gasteiger partial charge in [-0.25, -0.2) is 0 Å². The van der Waals surface area contributed by atoms with Gasteiger partial charge in [-0.3, -0.25) is 4.79 Å². The van der Waals surface area contributed by atoms with Crippen LogP contribution in [0, 0.1) is 0 Å². The molecule has 2 unspecified atom stereocenters. The minimum absolute atomic E-state index is 0.215. The van der Waals surface area contributed by atoms with Gasteiger partial charge in [0.15, 0.2) is 0 Å². The number of piperidine rings is 1. The second kappa shape index (κ2) is 5.50. The van der Waals surface area contributed by atoms with Gasteiger partial charge in [0.1, 0.15) is 5.54 Å². The second-order valence-corrected chi connectivity index (χ2v) is 4.90. The van der Waals surface area contributed by atoms with Crippen LogP contribution in [0.1, 0.15) is 37.4 Å². The van der Waals surface area contributed by atoms with Crippen LogP contribution in [0.3, 0.4) is 0 Å². The zero-order valence-electron chi connectivity index (χ0n) is 10.3. The smallest absolute Gasteiger partial charge is 0.324 e. The molecule has 1 heterocycles. The van der Waals surface area contributed by atoms with Crippen LogP contribution in [0.5, 0.6) is 0 Å². The summed E-state index contributed by atoms with van der Waals surface area (Å²) in [6.45, 7) is 0.702. The molecule has 98 valence electrons. The van der Waals surface area contributed by atoms with E-state index in [1.54, 1.807) is 0 Å². The Hall–Kier alpha value is -1.39. The first-order valence-electron chi connectivity index (χ1n) is 6.35. The highest BCUT2D eigenvalue weighted by atomic mass is 16.4. The fourth-order valence-corrected chi connectivity index (χ4v) is 2.54. The maximum absolute atomic E-state index is 11.5. The number of carbonyl (C=O) groups is 1. The minimum Gasteiger partial charge on any atom is -0.480 e. The maximum atomic E-state index is 11.5. The molecule has 0 bridgehead atoms. The number of hydrogen-bond acceptors (Lipinski definition) is 3. The number of aliphatic hydroxyl groups excluding tert-OH is 1. The Morgan fingerprint density at radius 3 is 2.61 bits per heavy atom. The standard InChI is InChI=1S/C14H19NO3/c16-12(11-6-2-1-3-7-11)10-14(13(17)18)8-4-5-9-15-14/h1-3,6-7,12,15-16H,4-5,8-10H2,(H,17,18). The van der Waals surface area contributed by atoms with Crippen LogP contribution >= 0.6 is 0 Å². The van der Waals surface area contributed by atoms with E-state index in [-0.39, 0.29) is 6.42 Å². The lowest BCUT2D eigenvalue weighted by Crippen LogP contribution is -2.55. The molecule has 1 aromatic rings. The van der Waals surface area contributed by atoms with Gasteiger partial charge in [-0.15, -0.1) is 0 Å². The lowest BCUT2D eigenvalue weighted by atomic mass is 9.82. The molecular formula is C14H19NO3. The first-order chi connectivity index (χ1) is 8.64. The molecule has 2 rings (SSSR count). The van der Waals surface area contributed by atoms with E-state index in [2.05, 4.69) is 5.32 Å². The number of hydrogen-bond donors (Lipinski definition) is 3. The maximum Gasteiger partial charge on any atom is 0.324 e. The van der Waals surface area contributed by atoms with Crippen LogP contribution in [-0.2, 0) is 4.79 Å². The molecule has 1 aromatic carbocycles. The van der Waals surface area contributed by atoms with Gasteiger partial charge in [0.25, 0.3) is 0 Å². The van der Waals surface area contributed by atoms with Gasteiger partial charge in [-0.1, -0.05) is 30.3 Å². The van der Waals surface area contributed by atoms with E-state index in [9.17, 15) is 15.0 Å². The molecule has 0 radical (unpaired) electrons. The van der Waals surface area contributed by atoms with E-state index in [0.29, 0.717) is 13.0 Å². The SMILES string of the molecule is O=C(O)C1(CC(O)c2ccccc2)CCCCN1. The van der Waals surface area contributed by atoms with Crippen molar-refractivity contribution in [3.8, 4) is 0 Å². The molecule has 1 aliphatic heterocycles. The third-order valence-corrected chi connectivity index (χ3v) is 3.63. The monoisotopic (exact) mass is 249 g/mol. The van der Waals surface area contributed by atoms with Gasteiger partial charge < -0.3 is 15.5 Å². The summed E-state index contributed by atoms with van der Waals surface area (Å²) in [7, 11) is 0. The van der Waals surface area contributed by atoms with E-state index in [4.69, 9.17) is 0 Å². The van der Waals surface area contributed by atoms with E-state index in [1.165, 1.54) is 0 Å². The predicted molar refractivity (Wildman–Crippen MR) is 68.2 cm³/mol. The minimum atomic E-state index is -0.979. The van der Waals surface area contributed by atoms with Crippen molar-refractivity contribution in [1.82, 2.24) is 5.32 Å². The first-order valence-corrected chi connectivity index (χ1v) is 6.35. The normalized spacial score (nSPS) is 25.6. The molecular weight excluding hydrogens is 230 g/mol. The van der Waals surface area contributed by atoms with Crippen LogP contribution in [0.25, 0.3) is 0 Å². The highest BCUT2D eigenvalue weighted by Gasteiger charge is 2.41. The Bertz CT molecular complexity index is 399. The van der Waals surface area contributed by atoms with Gasteiger partial charge in [0.2, 0.25) is 0 Å². The highest BCUT2D eigenvalue weighted by molar-refractivity contribution is 5.79. The van der Waals surface area contributed by atoms with Crippen molar-refractivity contribution in [2.75, 3.05) is 6.54 Å². The first kappa shape index (κ1) is 13.1. The van der Waals surface area contributed by atoms with Crippen molar-refractivity contribution < 1.29 is 15.0 Å². The number of benzene rings is 1. The van der Waals surface area contributed by atoms with E-state index < -0.39 is 17.6 Å². The van der Waals surface area contributed by atoms with Crippen molar-refractivity contribution in [2.45, 2.75) is 37.3 Å². The third kappa shape index (κ3) is 2.71. The molecule has 0 amide bonds. The van der Waals surface area contributed by atoms with Gasteiger partial charge in [0, 0.05) is 6.42 Å². The Morgan fingerprint density at radius 1 is 1.33 bits per heavy atom. The average molecular weight is 249 g/mol. The van der Waals surface area contributed by atoms with Crippen LogP contribution in [-0.4, -0.2) is 28.3 Å². The Morgan fingerprint density at radius 2 is 2.06 bits per heavy atom. The number of nitrogens with one attached hydrogen (secondary N) is 1. The van der Waals surface area contributed by atoms with E-state index in [0.717, 1.165) is 18.4 Å². The zero-order chi connectivity index (χ0) is 13.0.